The number of hydrogen-bond donors (Lipinski definition) is 2. The van der Waals surface area contributed by atoms with E-state index in [1.165, 1.54) is 0 Å². The Bertz CT molecular complexity index is 1050. The summed E-state index contributed by atoms with van der Waals surface area (Å²) in [7, 11) is 1.54. The monoisotopic (exact) mass is 432 g/mol. The smallest absolute Gasteiger partial charge is 0.255 e. The van der Waals surface area contributed by atoms with Crippen LogP contribution < -0.4 is 20.1 Å². The second-order valence-electron chi connectivity index (χ2n) is 7.82. The van der Waals surface area contributed by atoms with Crippen molar-refractivity contribution >= 4 is 23.2 Å². The van der Waals surface area contributed by atoms with Gasteiger partial charge in [0, 0.05) is 23.4 Å². The van der Waals surface area contributed by atoms with Gasteiger partial charge >= 0.3 is 0 Å². The fourth-order valence-electron chi connectivity index (χ4n) is 3.09. The number of methoxy groups -OCH3 is 1. The predicted octanol–water partition coefficient (Wildman–Crippen LogP) is 5.51. The third-order valence-electron chi connectivity index (χ3n) is 4.68. The lowest BCUT2D eigenvalue weighted by Crippen LogP contribution is -2.14. The molecule has 0 bridgehead atoms. The summed E-state index contributed by atoms with van der Waals surface area (Å²) in [6, 6.07) is 21.9. The van der Waals surface area contributed by atoms with Gasteiger partial charge < -0.3 is 20.1 Å². The highest BCUT2D eigenvalue weighted by Crippen LogP contribution is 2.29. The molecular formula is C26H28N2O4. The van der Waals surface area contributed by atoms with Crippen molar-refractivity contribution in [2.45, 2.75) is 26.9 Å². The van der Waals surface area contributed by atoms with Gasteiger partial charge in [-0.1, -0.05) is 44.2 Å². The van der Waals surface area contributed by atoms with E-state index in [9.17, 15) is 9.59 Å². The molecule has 0 radical (unpaired) electrons. The molecule has 0 spiro atoms. The van der Waals surface area contributed by atoms with Gasteiger partial charge in [-0.2, -0.15) is 0 Å². The fraction of sp³-hybridized carbons (Fsp3) is 0.231. The van der Waals surface area contributed by atoms with Crippen molar-refractivity contribution in [3.8, 4) is 11.5 Å². The molecule has 6 heteroatoms. The topological polar surface area (TPSA) is 76.7 Å². The van der Waals surface area contributed by atoms with Gasteiger partial charge in [-0.3, -0.25) is 9.59 Å². The van der Waals surface area contributed by atoms with Crippen LogP contribution in [0.15, 0.2) is 72.8 Å². The zero-order valence-corrected chi connectivity index (χ0v) is 18.6. The van der Waals surface area contributed by atoms with E-state index in [-0.39, 0.29) is 11.8 Å². The lowest BCUT2D eigenvalue weighted by Gasteiger charge is -2.13. The van der Waals surface area contributed by atoms with Gasteiger partial charge in [-0.15, -0.1) is 0 Å². The molecule has 3 aromatic rings. The molecule has 2 N–H and O–H groups in total. The maximum absolute atomic E-state index is 12.7. The van der Waals surface area contributed by atoms with Crippen LogP contribution in [0.3, 0.4) is 0 Å². The van der Waals surface area contributed by atoms with Crippen LogP contribution >= 0.6 is 0 Å². The van der Waals surface area contributed by atoms with Crippen LogP contribution in [0.4, 0.5) is 11.4 Å². The summed E-state index contributed by atoms with van der Waals surface area (Å²) in [5.74, 6) is 1.04. The molecular weight excluding hydrogens is 404 g/mol. The summed E-state index contributed by atoms with van der Waals surface area (Å²) in [6.07, 6.45) is 0.464. The van der Waals surface area contributed by atoms with E-state index < -0.39 is 0 Å². The third kappa shape index (κ3) is 6.60. The van der Waals surface area contributed by atoms with Crippen molar-refractivity contribution < 1.29 is 19.1 Å². The van der Waals surface area contributed by atoms with Gasteiger partial charge in [0.05, 0.1) is 7.11 Å². The summed E-state index contributed by atoms with van der Waals surface area (Å²) < 4.78 is 11.3. The number of nitrogens with one attached hydrogen (secondary N) is 2. The van der Waals surface area contributed by atoms with Crippen LogP contribution in [0.1, 0.15) is 36.2 Å². The van der Waals surface area contributed by atoms with E-state index in [1.807, 2.05) is 44.2 Å². The number of carbonyl (C=O) groups is 2. The van der Waals surface area contributed by atoms with Gasteiger partial charge in [0.2, 0.25) is 5.91 Å². The summed E-state index contributed by atoms with van der Waals surface area (Å²) in [6.45, 7) is 4.40. The standard InChI is InChI=1S/C26H28N2O4/c1-18(2)15-25(29)27-21-10-12-22(13-11-21)28-26(30)20-9-14-23(24(16-20)31-3)32-17-19-7-5-4-6-8-19/h4-14,16,18H,15,17H2,1-3H3,(H,27,29)(H,28,30). The first-order valence-electron chi connectivity index (χ1n) is 10.5. The number of rotatable bonds is 9. The molecule has 0 aliphatic heterocycles. The molecule has 3 rings (SSSR count). The van der Waals surface area contributed by atoms with Crippen LogP contribution in [-0.4, -0.2) is 18.9 Å². The molecule has 0 aromatic heterocycles. The lowest BCUT2D eigenvalue weighted by atomic mass is 10.1. The molecule has 0 aliphatic rings. The van der Waals surface area contributed by atoms with Crippen LogP contribution in [0.2, 0.25) is 0 Å². The molecule has 0 saturated carbocycles. The van der Waals surface area contributed by atoms with Crippen LogP contribution in [0.25, 0.3) is 0 Å². The van der Waals surface area contributed by atoms with Gasteiger partial charge in [-0.05, 0) is 53.9 Å². The summed E-state index contributed by atoms with van der Waals surface area (Å²) in [4.78, 5) is 24.6. The largest absolute Gasteiger partial charge is 0.493 e. The van der Waals surface area contributed by atoms with Crippen molar-refractivity contribution in [2.75, 3.05) is 17.7 Å². The number of benzene rings is 3. The van der Waals surface area contributed by atoms with Crippen molar-refractivity contribution in [1.82, 2.24) is 0 Å². The molecule has 32 heavy (non-hydrogen) atoms. The summed E-state index contributed by atoms with van der Waals surface area (Å²) in [5, 5.41) is 5.70. The van der Waals surface area contributed by atoms with E-state index >= 15 is 0 Å². The van der Waals surface area contributed by atoms with Gasteiger partial charge in [0.25, 0.3) is 5.91 Å². The molecule has 0 fully saturated rings. The highest BCUT2D eigenvalue weighted by Gasteiger charge is 2.12. The Labute approximate surface area is 188 Å². The maximum atomic E-state index is 12.7. The fourth-order valence-corrected chi connectivity index (χ4v) is 3.09. The maximum Gasteiger partial charge on any atom is 0.255 e. The number of ether oxygens (including phenoxy) is 2. The zero-order valence-electron chi connectivity index (χ0n) is 18.6. The number of amides is 2. The Morgan fingerprint density at radius 1 is 0.844 bits per heavy atom. The SMILES string of the molecule is COc1cc(C(=O)Nc2ccc(NC(=O)CC(C)C)cc2)ccc1OCc1ccccc1. The highest BCUT2D eigenvalue weighted by molar-refractivity contribution is 6.04. The van der Waals surface area contributed by atoms with E-state index in [0.29, 0.717) is 47.4 Å². The minimum absolute atomic E-state index is 0.0292. The molecule has 0 unspecified atom stereocenters. The lowest BCUT2D eigenvalue weighted by molar-refractivity contribution is -0.116. The van der Waals surface area contributed by atoms with Gasteiger partial charge in [0.15, 0.2) is 11.5 Å². The average Bonchev–Trinajstić information content (AvgIpc) is 2.79. The van der Waals surface area contributed by atoms with Crippen LogP contribution in [0, 0.1) is 5.92 Å². The van der Waals surface area contributed by atoms with E-state index in [0.717, 1.165) is 5.56 Å². The molecule has 0 heterocycles. The van der Waals surface area contributed by atoms with E-state index in [1.54, 1.807) is 49.6 Å². The molecule has 3 aromatic carbocycles. The third-order valence-corrected chi connectivity index (χ3v) is 4.68. The quantitative estimate of drug-likeness (QED) is 0.467. The average molecular weight is 433 g/mol. The Morgan fingerprint density at radius 3 is 2.12 bits per heavy atom. The predicted molar refractivity (Wildman–Crippen MR) is 126 cm³/mol. The zero-order chi connectivity index (χ0) is 22.9. The van der Waals surface area contributed by atoms with Crippen molar-refractivity contribution in [3.63, 3.8) is 0 Å². The summed E-state index contributed by atoms with van der Waals surface area (Å²) in [5.41, 5.74) is 2.80. The number of anilines is 2. The van der Waals surface area contributed by atoms with Crippen molar-refractivity contribution in [2.24, 2.45) is 5.92 Å². The van der Waals surface area contributed by atoms with Crippen molar-refractivity contribution in [1.29, 1.82) is 0 Å². The first kappa shape index (κ1) is 22.9. The Balaban J connectivity index is 1.61. The molecule has 2 amide bonds. The van der Waals surface area contributed by atoms with Gasteiger partial charge in [0.1, 0.15) is 6.61 Å². The van der Waals surface area contributed by atoms with Gasteiger partial charge in [-0.25, -0.2) is 0 Å². The first-order chi connectivity index (χ1) is 15.4. The number of hydrogen-bond acceptors (Lipinski definition) is 4. The Kier molecular flexibility index (Phi) is 7.86. The molecule has 0 saturated heterocycles. The van der Waals surface area contributed by atoms with E-state index in [2.05, 4.69) is 10.6 Å². The molecule has 0 aliphatic carbocycles. The van der Waals surface area contributed by atoms with Crippen LogP contribution in [0.5, 0.6) is 11.5 Å². The molecule has 0 atom stereocenters. The molecule has 6 nitrogen and oxygen atoms in total. The Hall–Kier alpha value is -3.80. The minimum Gasteiger partial charge on any atom is -0.493 e. The Morgan fingerprint density at radius 2 is 1.50 bits per heavy atom. The minimum atomic E-state index is -0.269. The second-order valence-corrected chi connectivity index (χ2v) is 7.82. The number of carbonyl (C=O) groups excluding carboxylic acids is 2. The molecule has 166 valence electrons. The highest BCUT2D eigenvalue weighted by atomic mass is 16.5. The summed E-state index contributed by atoms with van der Waals surface area (Å²) >= 11 is 0. The van der Waals surface area contributed by atoms with Crippen molar-refractivity contribution in [3.05, 3.63) is 83.9 Å². The van der Waals surface area contributed by atoms with Crippen LogP contribution in [-0.2, 0) is 11.4 Å². The van der Waals surface area contributed by atoms with E-state index in [4.69, 9.17) is 9.47 Å². The first-order valence-corrected chi connectivity index (χ1v) is 10.5. The second kappa shape index (κ2) is 11.0. The normalized spacial score (nSPS) is 10.5.